The Labute approximate surface area is 145 Å². The molecule has 0 atom stereocenters. The van der Waals surface area contributed by atoms with Gasteiger partial charge in [-0.2, -0.15) is 5.21 Å². The SMILES string of the molecule is CC(=O)C(Cc1ccc(-c2ccccc2-c2nn[nH]n2)cc1)C(C)=O. The van der Waals surface area contributed by atoms with E-state index in [9.17, 15) is 9.59 Å². The molecule has 0 unspecified atom stereocenters. The predicted molar refractivity (Wildman–Crippen MR) is 93.6 cm³/mol. The Bertz CT molecular complexity index is 872. The summed E-state index contributed by atoms with van der Waals surface area (Å²) in [5.74, 6) is -0.233. The van der Waals surface area contributed by atoms with Crippen molar-refractivity contribution in [1.82, 2.24) is 20.6 Å². The van der Waals surface area contributed by atoms with E-state index in [4.69, 9.17) is 0 Å². The van der Waals surface area contributed by atoms with E-state index in [-0.39, 0.29) is 11.6 Å². The first-order chi connectivity index (χ1) is 12.1. The number of rotatable bonds is 6. The lowest BCUT2D eigenvalue weighted by Crippen LogP contribution is -2.21. The van der Waals surface area contributed by atoms with Crippen LogP contribution in [0.3, 0.4) is 0 Å². The normalized spacial score (nSPS) is 10.8. The van der Waals surface area contributed by atoms with Crippen molar-refractivity contribution in [2.45, 2.75) is 20.3 Å². The summed E-state index contributed by atoms with van der Waals surface area (Å²) in [5, 5.41) is 14.2. The van der Waals surface area contributed by atoms with Crippen LogP contribution in [0.15, 0.2) is 48.5 Å². The van der Waals surface area contributed by atoms with Gasteiger partial charge < -0.3 is 0 Å². The van der Waals surface area contributed by atoms with Crippen LogP contribution in [0.5, 0.6) is 0 Å². The average Bonchev–Trinajstić information content (AvgIpc) is 3.14. The summed E-state index contributed by atoms with van der Waals surface area (Å²) in [6.07, 6.45) is 0.428. The number of hydrogen-bond acceptors (Lipinski definition) is 5. The zero-order chi connectivity index (χ0) is 17.8. The van der Waals surface area contributed by atoms with Gasteiger partial charge in [0.05, 0.1) is 5.92 Å². The van der Waals surface area contributed by atoms with Gasteiger partial charge in [0, 0.05) is 5.56 Å². The molecule has 0 aliphatic heterocycles. The van der Waals surface area contributed by atoms with Gasteiger partial charge in [-0.3, -0.25) is 9.59 Å². The number of hydrogen-bond donors (Lipinski definition) is 1. The number of carbonyl (C=O) groups excluding carboxylic acids is 2. The van der Waals surface area contributed by atoms with Crippen LogP contribution in [-0.4, -0.2) is 32.2 Å². The lowest BCUT2D eigenvalue weighted by atomic mass is 9.91. The zero-order valence-electron chi connectivity index (χ0n) is 14.1. The molecule has 3 rings (SSSR count). The van der Waals surface area contributed by atoms with Crippen LogP contribution in [0.2, 0.25) is 0 Å². The molecule has 0 spiro atoms. The molecule has 126 valence electrons. The summed E-state index contributed by atoms with van der Waals surface area (Å²) in [4.78, 5) is 23.2. The molecule has 0 amide bonds. The standard InChI is InChI=1S/C19H18N4O2/c1-12(24)18(13(2)25)11-14-7-9-15(10-8-14)16-5-3-4-6-17(16)19-20-22-23-21-19/h3-10,18H,11H2,1-2H3,(H,20,21,22,23). The predicted octanol–water partition coefficient (Wildman–Crippen LogP) is 2.87. The highest BCUT2D eigenvalue weighted by Gasteiger charge is 2.20. The Balaban J connectivity index is 1.89. The second-order valence-electron chi connectivity index (χ2n) is 5.96. The fourth-order valence-corrected chi connectivity index (χ4v) is 2.84. The van der Waals surface area contributed by atoms with Crippen molar-refractivity contribution in [3.8, 4) is 22.5 Å². The summed E-state index contributed by atoms with van der Waals surface area (Å²) < 4.78 is 0. The Kier molecular flexibility index (Phi) is 4.79. The topological polar surface area (TPSA) is 88.6 Å². The van der Waals surface area contributed by atoms with Gasteiger partial charge in [0.15, 0.2) is 0 Å². The van der Waals surface area contributed by atoms with Gasteiger partial charge in [-0.05, 0) is 42.2 Å². The monoisotopic (exact) mass is 334 g/mol. The molecule has 1 heterocycles. The third-order valence-corrected chi connectivity index (χ3v) is 4.20. The van der Waals surface area contributed by atoms with Gasteiger partial charge in [-0.25, -0.2) is 0 Å². The molecule has 25 heavy (non-hydrogen) atoms. The molecule has 0 radical (unpaired) electrons. The maximum atomic E-state index is 11.6. The molecule has 0 aliphatic carbocycles. The lowest BCUT2D eigenvalue weighted by Gasteiger charge is -2.11. The van der Waals surface area contributed by atoms with Gasteiger partial charge in [0.2, 0.25) is 5.82 Å². The molecular formula is C19H18N4O2. The van der Waals surface area contributed by atoms with Crippen LogP contribution in [0.1, 0.15) is 19.4 Å². The molecule has 0 bridgehead atoms. The molecule has 2 aromatic carbocycles. The van der Waals surface area contributed by atoms with Crippen molar-refractivity contribution in [1.29, 1.82) is 0 Å². The molecule has 0 saturated heterocycles. The number of aromatic amines is 1. The van der Waals surface area contributed by atoms with E-state index in [1.807, 2.05) is 48.5 Å². The van der Waals surface area contributed by atoms with Gasteiger partial charge in [0.25, 0.3) is 0 Å². The number of nitrogens with one attached hydrogen (secondary N) is 1. The maximum absolute atomic E-state index is 11.6. The molecule has 0 saturated carbocycles. The van der Waals surface area contributed by atoms with E-state index in [1.54, 1.807) is 0 Å². The second-order valence-corrected chi connectivity index (χ2v) is 5.96. The molecule has 0 fully saturated rings. The van der Waals surface area contributed by atoms with Crippen molar-refractivity contribution < 1.29 is 9.59 Å². The number of Topliss-reactive ketones (excluding diaryl/α,β-unsaturated/α-hetero) is 2. The first-order valence-electron chi connectivity index (χ1n) is 7.99. The van der Waals surface area contributed by atoms with Crippen LogP contribution in [0.4, 0.5) is 0 Å². The number of nitrogens with zero attached hydrogens (tertiary/aromatic N) is 3. The van der Waals surface area contributed by atoms with Crippen LogP contribution in [-0.2, 0) is 16.0 Å². The number of aromatic nitrogens is 4. The van der Waals surface area contributed by atoms with E-state index in [0.717, 1.165) is 22.3 Å². The quantitative estimate of drug-likeness (QED) is 0.700. The van der Waals surface area contributed by atoms with Gasteiger partial charge >= 0.3 is 0 Å². The lowest BCUT2D eigenvalue weighted by molar-refractivity contribution is -0.130. The number of tetrazole rings is 1. The van der Waals surface area contributed by atoms with Crippen LogP contribution in [0, 0.1) is 5.92 Å². The Morgan fingerprint density at radius 1 is 0.960 bits per heavy atom. The first-order valence-corrected chi connectivity index (χ1v) is 7.99. The molecule has 1 N–H and O–H groups in total. The molecule has 0 aliphatic rings. The average molecular weight is 334 g/mol. The van der Waals surface area contributed by atoms with Crippen molar-refractivity contribution in [3.63, 3.8) is 0 Å². The minimum atomic E-state index is -0.572. The maximum Gasteiger partial charge on any atom is 0.205 e. The van der Waals surface area contributed by atoms with Crippen molar-refractivity contribution in [2.75, 3.05) is 0 Å². The van der Waals surface area contributed by atoms with Crippen LogP contribution < -0.4 is 0 Å². The molecule has 6 nitrogen and oxygen atoms in total. The second kappa shape index (κ2) is 7.17. The van der Waals surface area contributed by atoms with Crippen molar-refractivity contribution in [2.24, 2.45) is 5.92 Å². The fraction of sp³-hybridized carbons (Fsp3) is 0.211. The smallest absolute Gasteiger partial charge is 0.205 e. The Morgan fingerprint density at radius 3 is 2.16 bits per heavy atom. The summed E-state index contributed by atoms with van der Waals surface area (Å²) in [6.45, 7) is 2.92. The number of benzene rings is 2. The number of carbonyl (C=O) groups is 2. The highest BCUT2D eigenvalue weighted by molar-refractivity contribution is 6.00. The third kappa shape index (κ3) is 3.68. The van der Waals surface area contributed by atoms with Crippen LogP contribution in [0.25, 0.3) is 22.5 Å². The first kappa shape index (κ1) is 16.7. The minimum Gasteiger partial charge on any atom is -0.299 e. The molecule has 3 aromatic rings. The van der Waals surface area contributed by atoms with E-state index >= 15 is 0 Å². The van der Waals surface area contributed by atoms with E-state index in [0.29, 0.717) is 12.2 Å². The number of H-pyrrole nitrogens is 1. The van der Waals surface area contributed by atoms with Gasteiger partial charge in [-0.1, -0.05) is 48.5 Å². The summed E-state index contributed by atoms with van der Waals surface area (Å²) in [5.41, 5.74) is 3.84. The third-order valence-electron chi connectivity index (χ3n) is 4.20. The summed E-state index contributed by atoms with van der Waals surface area (Å²) in [7, 11) is 0. The molecule has 1 aromatic heterocycles. The van der Waals surface area contributed by atoms with Crippen molar-refractivity contribution in [3.05, 3.63) is 54.1 Å². The minimum absolute atomic E-state index is 0.0981. The largest absolute Gasteiger partial charge is 0.299 e. The van der Waals surface area contributed by atoms with Gasteiger partial charge in [-0.15, -0.1) is 10.2 Å². The van der Waals surface area contributed by atoms with Gasteiger partial charge in [0.1, 0.15) is 11.6 Å². The highest BCUT2D eigenvalue weighted by atomic mass is 16.1. The number of ketones is 2. The van der Waals surface area contributed by atoms with E-state index in [1.165, 1.54) is 13.8 Å². The Hall–Kier alpha value is -3.15. The molecular weight excluding hydrogens is 316 g/mol. The zero-order valence-corrected chi connectivity index (χ0v) is 14.1. The van der Waals surface area contributed by atoms with E-state index in [2.05, 4.69) is 20.6 Å². The van der Waals surface area contributed by atoms with E-state index < -0.39 is 5.92 Å². The van der Waals surface area contributed by atoms with Crippen LogP contribution >= 0.6 is 0 Å². The fourth-order valence-electron chi connectivity index (χ4n) is 2.84. The van der Waals surface area contributed by atoms with Crippen molar-refractivity contribution >= 4 is 11.6 Å². The summed E-state index contributed by atoms with van der Waals surface area (Å²) in [6, 6.07) is 15.7. The summed E-state index contributed by atoms with van der Waals surface area (Å²) >= 11 is 0. The molecule has 6 heteroatoms. The Morgan fingerprint density at radius 2 is 1.60 bits per heavy atom. The highest BCUT2D eigenvalue weighted by Crippen LogP contribution is 2.30.